The molecule has 1 aromatic rings. The maximum Gasteiger partial charge on any atom is 0.227 e. The lowest BCUT2D eigenvalue weighted by Crippen LogP contribution is -2.45. The number of amides is 1. The van der Waals surface area contributed by atoms with Gasteiger partial charge in [0.2, 0.25) is 5.91 Å². The second-order valence-corrected chi connectivity index (χ2v) is 5.29. The zero-order valence-corrected chi connectivity index (χ0v) is 11.2. The van der Waals surface area contributed by atoms with E-state index in [0.717, 1.165) is 5.56 Å². The topological polar surface area (TPSA) is 55.1 Å². The number of carbonyl (C=O) groups excluding carboxylic acids is 1. The molecule has 0 fully saturated rings. The molecule has 1 rings (SSSR count). The summed E-state index contributed by atoms with van der Waals surface area (Å²) in [5, 5.41) is 2.92. The van der Waals surface area contributed by atoms with E-state index in [2.05, 4.69) is 5.32 Å². The molecule has 0 spiro atoms. The van der Waals surface area contributed by atoms with Crippen LogP contribution in [0, 0.1) is 11.2 Å². The molecule has 3 nitrogen and oxygen atoms in total. The van der Waals surface area contributed by atoms with E-state index in [0.29, 0.717) is 13.0 Å². The van der Waals surface area contributed by atoms with Crippen LogP contribution in [0.4, 0.5) is 4.39 Å². The summed E-state index contributed by atoms with van der Waals surface area (Å²) in [4.78, 5) is 11.9. The van der Waals surface area contributed by atoms with Gasteiger partial charge in [-0.05, 0) is 44.9 Å². The first-order valence-corrected chi connectivity index (χ1v) is 6.10. The number of nitrogens with two attached hydrogens (primary N) is 1. The average molecular weight is 252 g/mol. The van der Waals surface area contributed by atoms with Crippen LogP contribution < -0.4 is 11.1 Å². The van der Waals surface area contributed by atoms with Gasteiger partial charge in [0, 0.05) is 12.6 Å². The second-order valence-electron chi connectivity index (χ2n) is 5.29. The molecule has 0 bridgehead atoms. The maximum atomic E-state index is 12.8. The molecule has 0 aromatic heterocycles. The van der Waals surface area contributed by atoms with Crippen molar-refractivity contribution in [2.24, 2.45) is 11.1 Å². The third-order valence-electron chi connectivity index (χ3n) is 2.96. The Morgan fingerprint density at radius 2 is 1.94 bits per heavy atom. The standard InChI is InChI=1S/C14H21FN2O/c1-10(17-13(18)14(2,3)9-16)8-11-4-6-12(15)7-5-11/h4-7,10H,8-9,16H2,1-3H3,(H,17,18). The van der Waals surface area contributed by atoms with Crippen molar-refractivity contribution in [2.45, 2.75) is 33.2 Å². The minimum atomic E-state index is -0.558. The number of hydrogen-bond acceptors (Lipinski definition) is 2. The van der Waals surface area contributed by atoms with Crippen LogP contribution in [0.15, 0.2) is 24.3 Å². The SMILES string of the molecule is CC(Cc1ccc(F)cc1)NC(=O)C(C)(C)CN. The summed E-state index contributed by atoms with van der Waals surface area (Å²) < 4.78 is 12.8. The Labute approximate surface area is 108 Å². The van der Waals surface area contributed by atoms with Gasteiger partial charge in [-0.1, -0.05) is 12.1 Å². The molecule has 1 unspecified atom stereocenters. The highest BCUT2D eigenvalue weighted by Crippen LogP contribution is 2.13. The summed E-state index contributed by atoms with van der Waals surface area (Å²) in [5.74, 6) is -0.306. The normalized spacial score (nSPS) is 13.2. The van der Waals surface area contributed by atoms with Gasteiger partial charge in [0.25, 0.3) is 0 Å². The zero-order valence-electron chi connectivity index (χ0n) is 11.2. The molecule has 3 N–H and O–H groups in total. The molecule has 0 saturated carbocycles. The highest BCUT2D eigenvalue weighted by Gasteiger charge is 2.26. The molecule has 0 saturated heterocycles. The van der Waals surface area contributed by atoms with Gasteiger partial charge >= 0.3 is 0 Å². The van der Waals surface area contributed by atoms with Gasteiger partial charge in [-0.25, -0.2) is 4.39 Å². The van der Waals surface area contributed by atoms with E-state index in [9.17, 15) is 9.18 Å². The van der Waals surface area contributed by atoms with Crippen molar-refractivity contribution in [3.05, 3.63) is 35.6 Å². The molecular formula is C14H21FN2O. The second kappa shape index (κ2) is 5.96. The highest BCUT2D eigenvalue weighted by molar-refractivity contribution is 5.82. The molecule has 0 aliphatic carbocycles. The summed E-state index contributed by atoms with van der Waals surface area (Å²) in [7, 11) is 0. The number of carbonyl (C=O) groups is 1. The van der Waals surface area contributed by atoms with E-state index < -0.39 is 5.41 Å². The number of halogens is 1. The smallest absolute Gasteiger partial charge is 0.227 e. The molecular weight excluding hydrogens is 231 g/mol. The van der Waals surface area contributed by atoms with Crippen LogP contribution in [-0.4, -0.2) is 18.5 Å². The average Bonchev–Trinajstić information content (AvgIpc) is 2.32. The molecule has 0 heterocycles. The maximum absolute atomic E-state index is 12.8. The van der Waals surface area contributed by atoms with Crippen molar-refractivity contribution in [1.82, 2.24) is 5.32 Å². The van der Waals surface area contributed by atoms with E-state index >= 15 is 0 Å². The highest BCUT2D eigenvalue weighted by atomic mass is 19.1. The van der Waals surface area contributed by atoms with Crippen molar-refractivity contribution in [2.75, 3.05) is 6.54 Å². The number of benzene rings is 1. The van der Waals surface area contributed by atoms with Crippen LogP contribution in [0.1, 0.15) is 26.3 Å². The van der Waals surface area contributed by atoms with Gasteiger partial charge in [0.05, 0.1) is 5.41 Å². The summed E-state index contributed by atoms with van der Waals surface area (Å²) in [6.45, 7) is 5.86. The fourth-order valence-electron chi connectivity index (χ4n) is 1.54. The molecule has 1 aromatic carbocycles. The Bertz CT molecular complexity index is 401. The third kappa shape index (κ3) is 4.11. The zero-order chi connectivity index (χ0) is 13.8. The minimum Gasteiger partial charge on any atom is -0.353 e. The Kier molecular flexibility index (Phi) is 4.84. The minimum absolute atomic E-state index is 0.00575. The first-order valence-electron chi connectivity index (χ1n) is 6.10. The molecule has 100 valence electrons. The number of hydrogen-bond donors (Lipinski definition) is 2. The monoisotopic (exact) mass is 252 g/mol. The largest absolute Gasteiger partial charge is 0.353 e. The van der Waals surface area contributed by atoms with Crippen LogP contribution in [0.2, 0.25) is 0 Å². The lowest BCUT2D eigenvalue weighted by atomic mass is 9.92. The van der Waals surface area contributed by atoms with E-state index in [4.69, 9.17) is 5.73 Å². The van der Waals surface area contributed by atoms with Crippen LogP contribution >= 0.6 is 0 Å². The van der Waals surface area contributed by atoms with Gasteiger partial charge in [-0.3, -0.25) is 4.79 Å². The quantitative estimate of drug-likeness (QED) is 0.840. The third-order valence-corrected chi connectivity index (χ3v) is 2.96. The molecule has 0 radical (unpaired) electrons. The summed E-state index contributed by atoms with van der Waals surface area (Å²) >= 11 is 0. The van der Waals surface area contributed by atoms with E-state index in [-0.39, 0.29) is 17.8 Å². The fourth-order valence-corrected chi connectivity index (χ4v) is 1.54. The molecule has 18 heavy (non-hydrogen) atoms. The van der Waals surface area contributed by atoms with Gasteiger partial charge < -0.3 is 11.1 Å². The van der Waals surface area contributed by atoms with E-state index in [1.165, 1.54) is 12.1 Å². The van der Waals surface area contributed by atoms with Gasteiger partial charge in [0.15, 0.2) is 0 Å². The predicted octanol–water partition coefficient (Wildman–Crippen LogP) is 1.86. The van der Waals surface area contributed by atoms with Crippen LogP contribution in [-0.2, 0) is 11.2 Å². The molecule has 1 atom stereocenters. The van der Waals surface area contributed by atoms with Crippen molar-refractivity contribution < 1.29 is 9.18 Å². The van der Waals surface area contributed by atoms with Crippen molar-refractivity contribution in [3.8, 4) is 0 Å². The van der Waals surface area contributed by atoms with Gasteiger partial charge in [-0.2, -0.15) is 0 Å². The summed E-state index contributed by atoms with van der Waals surface area (Å²) in [6, 6.07) is 6.30. The van der Waals surface area contributed by atoms with Gasteiger partial charge in [0.1, 0.15) is 5.82 Å². The number of nitrogens with one attached hydrogen (secondary N) is 1. The fraction of sp³-hybridized carbons (Fsp3) is 0.500. The lowest BCUT2D eigenvalue weighted by molar-refractivity contribution is -0.129. The molecule has 1 amide bonds. The van der Waals surface area contributed by atoms with E-state index in [1.54, 1.807) is 12.1 Å². The van der Waals surface area contributed by atoms with Crippen molar-refractivity contribution >= 4 is 5.91 Å². The Hall–Kier alpha value is -1.42. The van der Waals surface area contributed by atoms with Crippen LogP contribution in [0.5, 0.6) is 0 Å². The lowest BCUT2D eigenvalue weighted by Gasteiger charge is -2.24. The first kappa shape index (κ1) is 14.6. The first-order chi connectivity index (χ1) is 8.35. The molecule has 0 aliphatic rings. The van der Waals surface area contributed by atoms with Crippen molar-refractivity contribution in [1.29, 1.82) is 0 Å². The number of rotatable bonds is 5. The van der Waals surface area contributed by atoms with E-state index in [1.807, 2.05) is 20.8 Å². The summed E-state index contributed by atoms with van der Waals surface area (Å²) in [6.07, 6.45) is 0.673. The molecule has 0 aliphatic heterocycles. The Morgan fingerprint density at radius 1 is 1.39 bits per heavy atom. The Balaban J connectivity index is 2.54. The molecule has 4 heteroatoms. The van der Waals surface area contributed by atoms with Crippen LogP contribution in [0.3, 0.4) is 0 Å². The van der Waals surface area contributed by atoms with Gasteiger partial charge in [-0.15, -0.1) is 0 Å². The van der Waals surface area contributed by atoms with Crippen molar-refractivity contribution in [3.63, 3.8) is 0 Å². The Morgan fingerprint density at radius 3 is 2.44 bits per heavy atom. The van der Waals surface area contributed by atoms with Crippen LogP contribution in [0.25, 0.3) is 0 Å². The summed E-state index contributed by atoms with van der Waals surface area (Å²) in [5.41, 5.74) is 5.99. The predicted molar refractivity (Wildman–Crippen MR) is 70.5 cm³/mol.